The van der Waals surface area contributed by atoms with E-state index in [1.807, 2.05) is 0 Å². The number of amides is 1. The summed E-state index contributed by atoms with van der Waals surface area (Å²) in [5.74, 6) is -2.86. The molecule has 0 saturated carbocycles. The fourth-order valence-electron chi connectivity index (χ4n) is 3.66. The molecule has 4 rings (SSSR count). The van der Waals surface area contributed by atoms with E-state index in [4.69, 9.17) is 4.74 Å². The molecule has 1 saturated heterocycles. The van der Waals surface area contributed by atoms with Crippen molar-refractivity contribution in [2.45, 2.75) is 32.9 Å². The van der Waals surface area contributed by atoms with Crippen LogP contribution in [0.4, 0.5) is 13.2 Å². The van der Waals surface area contributed by atoms with Crippen LogP contribution in [-0.4, -0.2) is 38.0 Å². The molecular formula is C23H21F3N4O2. The number of rotatable bonds is 4. The molecule has 32 heavy (non-hydrogen) atoms. The van der Waals surface area contributed by atoms with Crippen LogP contribution in [0.25, 0.3) is 11.8 Å². The number of aromatic nitrogens is 3. The Labute approximate surface area is 183 Å². The van der Waals surface area contributed by atoms with E-state index < -0.39 is 29.7 Å². The number of ether oxygens (including phenoxy) is 1. The van der Waals surface area contributed by atoms with Crippen molar-refractivity contribution in [2.75, 3.05) is 6.54 Å². The maximum Gasteiger partial charge on any atom is 0.289 e. The number of aryl methyl sites for hydroxylation is 1. The third-order valence-corrected chi connectivity index (χ3v) is 5.27. The maximum absolute atomic E-state index is 14.7. The monoisotopic (exact) mass is 442 g/mol. The standard InChI is InChI=1S/C23H21F3N4O2/c1-13-10-29(12-27-13)19-6-4-16(8-18(19)24)9-20-23(31)30(11-14(2)32-20)15(3)17-5-7-21(25)28-22(17)26/h4-10,12,14-15H,11H2,1-3H3/t14-,15-/m0/s1. The van der Waals surface area contributed by atoms with Crippen molar-refractivity contribution < 1.29 is 22.7 Å². The topological polar surface area (TPSA) is 60.2 Å². The smallest absolute Gasteiger partial charge is 0.289 e. The van der Waals surface area contributed by atoms with E-state index in [1.165, 1.54) is 29.4 Å². The van der Waals surface area contributed by atoms with Crippen molar-refractivity contribution >= 4 is 12.0 Å². The van der Waals surface area contributed by atoms with Crippen molar-refractivity contribution in [3.05, 3.63) is 83.1 Å². The second-order valence-electron chi connectivity index (χ2n) is 7.72. The molecular weight excluding hydrogens is 421 g/mol. The van der Waals surface area contributed by atoms with Gasteiger partial charge in [-0.15, -0.1) is 0 Å². The third-order valence-electron chi connectivity index (χ3n) is 5.27. The molecule has 0 bridgehead atoms. The molecule has 1 aliphatic rings. The number of pyridine rings is 1. The lowest BCUT2D eigenvalue weighted by Gasteiger charge is -2.37. The molecule has 3 aromatic rings. The zero-order valence-electron chi connectivity index (χ0n) is 17.7. The fraction of sp³-hybridized carbons (Fsp3) is 0.261. The zero-order valence-corrected chi connectivity index (χ0v) is 17.7. The van der Waals surface area contributed by atoms with E-state index in [-0.39, 0.29) is 24.0 Å². The maximum atomic E-state index is 14.7. The third kappa shape index (κ3) is 4.23. The largest absolute Gasteiger partial charge is 0.483 e. The first-order valence-electron chi connectivity index (χ1n) is 10.0. The molecule has 6 nitrogen and oxygen atoms in total. The van der Waals surface area contributed by atoms with Crippen LogP contribution in [0.15, 0.2) is 48.6 Å². The molecule has 2 aromatic heterocycles. The SMILES string of the molecule is Cc1cn(-c2ccc(C=C3O[C@@H](C)CN([C@@H](C)c4ccc(F)nc4F)C3=O)cc2F)cn1. The summed E-state index contributed by atoms with van der Waals surface area (Å²) in [6, 6.07) is 6.16. The molecule has 0 N–H and O–H groups in total. The van der Waals surface area contributed by atoms with E-state index >= 15 is 0 Å². The second-order valence-corrected chi connectivity index (χ2v) is 7.72. The summed E-state index contributed by atoms with van der Waals surface area (Å²) in [5, 5.41) is 0. The van der Waals surface area contributed by atoms with Gasteiger partial charge < -0.3 is 14.2 Å². The van der Waals surface area contributed by atoms with Gasteiger partial charge in [0.2, 0.25) is 11.9 Å². The van der Waals surface area contributed by atoms with E-state index in [9.17, 15) is 18.0 Å². The predicted octanol–water partition coefficient (Wildman–Crippen LogP) is 4.34. The number of carbonyl (C=O) groups excluding carboxylic acids is 1. The van der Waals surface area contributed by atoms with Gasteiger partial charge >= 0.3 is 0 Å². The molecule has 1 aliphatic heterocycles. The van der Waals surface area contributed by atoms with Crippen molar-refractivity contribution in [2.24, 2.45) is 0 Å². The lowest BCUT2D eigenvalue weighted by atomic mass is 10.1. The van der Waals surface area contributed by atoms with Crippen LogP contribution in [0.2, 0.25) is 0 Å². The van der Waals surface area contributed by atoms with Crippen LogP contribution in [-0.2, 0) is 9.53 Å². The number of imidazole rings is 1. The van der Waals surface area contributed by atoms with Gasteiger partial charge in [-0.05, 0) is 56.7 Å². The Morgan fingerprint density at radius 2 is 2.00 bits per heavy atom. The predicted molar refractivity (Wildman–Crippen MR) is 111 cm³/mol. The molecule has 0 radical (unpaired) electrons. The molecule has 3 heterocycles. The van der Waals surface area contributed by atoms with Gasteiger partial charge in [-0.2, -0.15) is 13.8 Å². The molecule has 0 unspecified atom stereocenters. The highest BCUT2D eigenvalue weighted by molar-refractivity contribution is 5.96. The quantitative estimate of drug-likeness (QED) is 0.446. The Morgan fingerprint density at radius 3 is 2.66 bits per heavy atom. The van der Waals surface area contributed by atoms with Gasteiger partial charge in [0.05, 0.1) is 30.3 Å². The molecule has 2 atom stereocenters. The van der Waals surface area contributed by atoms with Crippen molar-refractivity contribution in [1.29, 1.82) is 0 Å². The van der Waals surface area contributed by atoms with Gasteiger partial charge in [0.25, 0.3) is 5.91 Å². The summed E-state index contributed by atoms with van der Waals surface area (Å²) in [6.07, 6.45) is 4.29. The number of nitrogens with zero attached hydrogens (tertiary/aromatic N) is 4. The summed E-state index contributed by atoms with van der Waals surface area (Å²) < 4.78 is 49.3. The van der Waals surface area contributed by atoms with E-state index in [1.54, 1.807) is 43.7 Å². The minimum absolute atomic E-state index is 0.0108. The molecule has 9 heteroatoms. The van der Waals surface area contributed by atoms with Gasteiger partial charge in [0.15, 0.2) is 5.76 Å². The first kappa shape index (κ1) is 21.6. The van der Waals surface area contributed by atoms with Gasteiger partial charge in [-0.25, -0.2) is 9.37 Å². The van der Waals surface area contributed by atoms with E-state index in [0.717, 1.165) is 11.8 Å². The summed E-state index contributed by atoms with van der Waals surface area (Å²) >= 11 is 0. The van der Waals surface area contributed by atoms with Crippen LogP contribution in [0.1, 0.15) is 36.7 Å². The second kappa shape index (κ2) is 8.49. The van der Waals surface area contributed by atoms with Crippen molar-refractivity contribution in [3.8, 4) is 5.69 Å². The van der Waals surface area contributed by atoms with E-state index in [0.29, 0.717) is 11.3 Å². The lowest BCUT2D eigenvalue weighted by molar-refractivity contribution is -0.141. The molecule has 1 aromatic carbocycles. The van der Waals surface area contributed by atoms with Crippen molar-refractivity contribution in [3.63, 3.8) is 0 Å². The van der Waals surface area contributed by atoms with Gasteiger partial charge in [-0.3, -0.25) is 4.79 Å². The Kier molecular flexibility index (Phi) is 5.73. The molecule has 0 spiro atoms. The van der Waals surface area contributed by atoms with Gasteiger partial charge in [-0.1, -0.05) is 6.07 Å². The summed E-state index contributed by atoms with van der Waals surface area (Å²) in [4.78, 5) is 21.8. The minimum Gasteiger partial charge on any atom is -0.483 e. The number of hydrogen-bond donors (Lipinski definition) is 0. The highest BCUT2D eigenvalue weighted by Gasteiger charge is 2.34. The molecule has 1 fully saturated rings. The van der Waals surface area contributed by atoms with Gasteiger partial charge in [0, 0.05) is 11.8 Å². The zero-order chi connectivity index (χ0) is 23.0. The Hall–Kier alpha value is -3.62. The van der Waals surface area contributed by atoms with Crippen LogP contribution in [0.5, 0.6) is 0 Å². The van der Waals surface area contributed by atoms with Crippen molar-refractivity contribution in [1.82, 2.24) is 19.4 Å². The molecule has 0 aliphatic carbocycles. The Balaban J connectivity index is 1.62. The Morgan fingerprint density at radius 1 is 1.22 bits per heavy atom. The summed E-state index contributed by atoms with van der Waals surface area (Å²) in [5.41, 5.74) is 1.61. The normalized spacial score (nSPS) is 18.7. The fourth-order valence-corrected chi connectivity index (χ4v) is 3.66. The number of hydrogen-bond acceptors (Lipinski definition) is 4. The Bertz CT molecular complexity index is 1210. The average Bonchev–Trinajstić information content (AvgIpc) is 3.16. The van der Waals surface area contributed by atoms with Gasteiger partial charge in [0.1, 0.15) is 11.9 Å². The number of morpholine rings is 1. The summed E-state index contributed by atoms with van der Waals surface area (Å²) in [6.45, 7) is 5.42. The highest BCUT2D eigenvalue weighted by Crippen LogP contribution is 2.29. The van der Waals surface area contributed by atoms with E-state index in [2.05, 4.69) is 9.97 Å². The summed E-state index contributed by atoms with van der Waals surface area (Å²) in [7, 11) is 0. The molecule has 166 valence electrons. The molecule has 1 amide bonds. The van der Waals surface area contributed by atoms with Crippen LogP contribution in [0.3, 0.4) is 0 Å². The first-order chi connectivity index (χ1) is 15.2. The van der Waals surface area contributed by atoms with Crippen LogP contribution < -0.4 is 0 Å². The minimum atomic E-state index is -0.970. The number of halogens is 3. The van der Waals surface area contributed by atoms with Crippen LogP contribution in [0, 0.1) is 24.6 Å². The lowest BCUT2D eigenvalue weighted by Crippen LogP contribution is -2.45. The number of carbonyl (C=O) groups is 1. The van der Waals surface area contributed by atoms with Crippen LogP contribution >= 0.6 is 0 Å². The average molecular weight is 442 g/mol. The number of benzene rings is 1. The highest BCUT2D eigenvalue weighted by atomic mass is 19.1. The first-order valence-corrected chi connectivity index (χ1v) is 10.0.